The van der Waals surface area contributed by atoms with E-state index in [1.165, 1.54) is 0 Å². The molecule has 2 aliphatic rings. The molecule has 0 N–H and O–H groups in total. The van der Waals surface area contributed by atoms with E-state index in [0.717, 1.165) is 38.8 Å². The van der Waals surface area contributed by atoms with E-state index in [4.69, 9.17) is 4.74 Å². The highest BCUT2D eigenvalue weighted by Crippen LogP contribution is 2.32. The van der Waals surface area contributed by atoms with Gasteiger partial charge in [-0.05, 0) is 25.7 Å². The molecule has 84 valence electrons. The Morgan fingerprint density at radius 2 is 2.27 bits per heavy atom. The Bertz CT molecular complexity index is 248. The van der Waals surface area contributed by atoms with Gasteiger partial charge < -0.3 is 9.64 Å². The van der Waals surface area contributed by atoms with Crippen LogP contribution in [0.4, 0.5) is 0 Å². The molecule has 0 bridgehead atoms. The van der Waals surface area contributed by atoms with Crippen LogP contribution in [-0.4, -0.2) is 36.6 Å². The van der Waals surface area contributed by atoms with Gasteiger partial charge in [0.1, 0.15) is 0 Å². The number of hydrogen-bond acceptors (Lipinski definition) is 2. The van der Waals surface area contributed by atoms with Gasteiger partial charge in [0.25, 0.3) is 0 Å². The molecule has 1 aliphatic carbocycles. The summed E-state index contributed by atoms with van der Waals surface area (Å²) >= 11 is 0. The topological polar surface area (TPSA) is 29.5 Å². The SMILES string of the molecule is C=CCOC1CCCN(C(=O)C2CC2)C1. The third kappa shape index (κ3) is 2.81. The van der Waals surface area contributed by atoms with Crippen LogP contribution in [-0.2, 0) is 9.53 Å². The summed E-state index contributed by atoms with van der Waals surface area (Å²) < 4.78 is 5.60. The third-order valence-corrected chi connectivity index (χ3v) is 3.07. The summed E-state index contributed by atoms with van der Waals surface area (Å²) in [4.78, 5) is 13.8. The van der Waals surface area contributed by atoms with E-state index < -0.39 is 0 Å². The minimum Gasteiger partial charge on any atom is -0.372 e. The number of amides is 1. The Kier molecular flexibility index (Phi) is 3.41. The van der Waals surface area contributed by atoms with Crippen molar-refractivity contribution in [2.45, 2.75) is 31.8 Å². The largest absolute Gasteiger partial charge is 0.372 e. The molecule has 1 aliphatic heterocycles. The highest BCUT2D eigenvalue weighted by atomic mass is 16.5. The summed E-state index contributed by atoms with van der Waals surface area (Å²) in [5, 5.41) is 0. The van der Waals surface area contributed by atoms with Crippen molar-refractivity contribution in [3.63, 3.8) is 0 Å². The van der Waals surface area contributed by atoms with E-state index in [1.807, 2.05) is 4.90 Å². The second-order valence-corrected chi connectivity index (χ2v) is 4.44. The highest BCUT2D eigenvalue weighted by Gasteiger charge is 2.35. The number of rotatable bonds is 4. The van der Waals surface area contributed by atoms with E-state index in [2.05, 4.69) is 6.58 Å². The maximum atomic E-state index is 11.8. The average molecular weight is 209 g/mol. The zero-order chi connectivity index (χ0) is 10.7. The fraction of sp³-hybridized carbons (Fsp3) is 0.750. The minimum absolute atomic E-state index is 0.222. The van der Waals surface area contributed by atoms with Crippen molar-refractivity contribution in [2.75, 3.05) is 19.7 Å². The number of nitrogens with zero attached hydrogens (tertiary/aromatic N) is 1. The Morgan fingerprint density at radius 1 is 1.47 bits per heavy atom. The zero-order valence-corrected chi connectivity index (χ0v) is 9.15. The lowest BCUT2D eigenvalue weighted by atomic mass is 10.1. The highest BCUT2D eigenvalue weighted by molar-refractivity contribution is 5.81. The van der Waals surface area contributed by atoms with E-state index >= 15 is 0 Å². The number of carbonyl (C=O) groups excluding carboxylic acids is 1. The molecule has 3 heteroatoms. The van der Waals surface area contributed by atoms with Crippen molar-refractivity contribution in [1.29, 1.82) is 0 Å². The minimum atomic E-state index is 0.222. The lowest BCUT2D eigenvalue weighted by Crippen LogP contribution is -2.43. The molecule has 0 radical (unpaired) electrons. The second-order valence-electron chi connectivity index (χ2n) is 4.44. The smallest absolute Gasteiger partial charge is 0.225 e. The van der Waals surface area contributed by atoms with Crippen molar-refractivity contribution in [3.05, 3.63) is 12.7 Å². The number of carbonyl (C=O) groups is 1. The Hall–Kier alpha value is -0.830. The number of ether oxygens (including phenoxy) is 1. The molecular formula is C12H19NO2. The molecule has 0 aromatic rings. The van der Waals surface area contributed by atoms with Crippen LogP contribution in [0.15, 0.2) is 12.7 Å². The molecule has 0 aromatic heterocycles. The van der Waals surface area contributed by atoms with Crippen molar-refractivity contribution in [3.8, 4) is 0 Å². The van der Waals surface area contributed by atoms with Gasteiger partial charge in [0.05, 0.1) is 12.7 Å². The second kappa shape index (κ2) is 4.79. The van der Waals surface area contributed by atoms with E-state index in [0.29, 0.717) is 18.4 Å². The van der Waals surface area contributed by atoms with E-state index in [-0.39, 0.29) is 6.10 Å². The van der Waals surface area contributed by atoms with Gasteiger partial charge in [-0.25, -0.2) is 0 Å². The maximum absolute atomic E-state index is 11.8. The van der Waals surface area contributed by atoms with Crippen LogP contribution < -0.4 is 0 Å². The first kappa shape index (κ1) is 10.7. The Labute approximate surface area is 91.1 Å². The molecule has 0 aromatic carbocycles. The molecule has 1 atom stereocenters. The fourth-order valence-electron chi connectivity index (χ4n) is 2.07. The summed E-state index contributed by atoms with van der Waals surface area (Å²) in [6.07, 6.45) is 6.31. The van der Waals surface area contributed by atoms with Crippen molar-refractivity contribution < 1.29 is 9.53 Å². The fourth-order valence-corrected chi connectivity index (χ4v) is 2.07. The van der Waals surface area contributed by atoms with Gasteiger partial charge in [-0.3, -0.25) is 4.79 Å². The van der Waals surface area contributed by atoms with Gasteiger partial charge >= 0.3 is 0 Å². The number of likely N-dealkylation sites (tertiary alicyclic amines) is 1. The normalized spacial score (nSPS) is 26.4. The van der Waals surface area contributed by atoms with Crippen molar-refractivity contribution in [2.24, 2.45) is 5.92 Å². The quantitative estimate of drug-likeness (QED) is 0.658. The van der Waals surface area contributed by atoms with Crippen LogP contribution in [0.3, 0.4) is 0 Å². The summed E-state index contributed by atoms with van der Waals surface area (Å²) in [5.74, 6) is 0.685. The van der Waals surface area contributed by atoms with Crippen molar-refractivity contribution in [1.82, 2.24) is 4.90 Å². The predicted octanol–water partition coefficient (Wildman–Crippen LogP) is 1.59. The molecule has 3 nitrogen and oxygen atoms in total. The first-order valence-electron chi connectivity index (χ1n) is 5.82. The molecule has 2 fully saturated rings. The van der Waals surface area contributed by atoms with E-state index in [1.54, 1.807) is 6.08 Å². The maximum Gasteiger partial charge on any atom is 0.225 e. The number of hydrogen-bond donors (Lipinski definition) is 0. The van der Waals surface area contributed by atoms with Gasteiger partial charge in [0, 0.05) is 19.0 Å². The summed E-state index contributed by atoms with van der Waals surface area (Å²) in [5.41, 5.74) is 0. The standard InChI is InChI=1S/C12H19NO2/c1-2-8-15-11-4-3-7-13(9-11)12(14)10-5-6-10/h2,10-11H,1,3-9H2. The summed E-state index contributed by atoms with van der Waals surface area (Å²) in [7, 11) is 0. The van der Waals surface area contributed by atoms with Crippen LogP contribution in [0.25, 0.3) is 0 Å². The zero-order valence-electron chi connectivity index (χ0n) is 9.15. The first-order chi connectivity index (χ1) is 7.31. The number of piperidine rings is 1. The first-order valence-corrected chi connectivity index (χ1v) is 5.82. The molecule has 2 rings (SSSR count). The molecule has 1 saturated heterocycles. The van der Waals surface area contributed by atoms with Crippen LogP contribution in [0.2, 0.25) is 0 Å². The molecule has 1 heterocycles. The predicted molar refractivity (Wildman–Crippen MR) is 58.5 cm³/mol. The molecular weight excluding hydrogens is 190 g/mol. The van der Waals surface area contributed by atoms with Gasteiger partial charge in [-0.15, -0.1) is 6.58 Å². The Morgan fingerprint density at radius 3 is 2.93 bits per heavy atom. The van der Waals surface area contributed by atoms with E-state index in [9.17, 15) is 4.79 Å². The van der Waals surface area contributed by atoms with Crippen molar-refractivity contribution >= 4 is 5.91 Å². The molecule has 0 spiro atoms. The lowest BCUT2D eigenvalue weighted by molar-refractivity contribution is -0.136. The monoisotopic (exact) mass is 209 g/mol. The molecule has 1 amide bonds. The third-order valence-electron chi connectivity index (χ3n) is 3.07. The van der Waals surface area contributed by atoms with Gasteiger partial charge in [0.15, 0.2) is 0 Å². The van der Waals surface area contributed by atoms with Crippen LogP contribution >= 0.6 is 0 Å². The van der Waals surface area contributed by atoms with Crippen LogP contribution in [0.5, 0.6) is 0 Å². The summed E-state index contributed by atoms with van der Waals surface area (Å²) in [6.45, 7) is 5.93. The summed E-state index contributed by atoms with van der Waals surface area (Å²) in [6, 6.07) is 0. The average Bonchev–Trinajstić information content (AvgIpc) is 3.09. The van der Waals surface area contributed by atoms with Gasteiger partial charge in [-0.1, -0.05) is 6.08 Å². The van der Waals surface area contributed by atoms with Crippen LogP contribution in [0, 0.1) is 5.92 Å². The Balaban J connectivity index is 1.80. The van der Waals surface area contributed by atoms with Gasteiger partial charge in [0.2, 0.25) is 5.91 Å². The van der Waals surface area contributed by atoms with Gasteiger partial charge in [-0.2, -0.15) is 0 Å². The molecule has 15 heavy (non-hydrogen) atoms. The van der Waals surface area contributed by atoms with Crippen LogP contribution in [0.1, 0.15) is 25.7 Å². The lowest BCUT2D eigenvalue weighted by Gasteiger charge is -2.32. The molecule has 1 saturated carbocycles. The molecule has 1 unspecified atom stereocenters.